The SMILES string of the molecule is CNCCC=Cc1cnccc1N. The first-order chi connectivity index (χ1) is 6.34. The van der Waals surface area contributed by atoms with Gasteiger partial charge in [-0.25, -0.2) is 0 Å². The van der Waals surface area contributed by atoms with Gasteiger partial charge in [-0.1, -0.05) is 12.2 Å². The largest absolute Gasteiger partial charge is 0.398 e. The summed E-state index contributed by atoms with van der Waals surface area (Å²) < 4.78 is 0. The number of hydrogen-bond acceptors (Lipinski definition) is 3. The zero-order chi connectivity index (χ0) is 9.52. The summed E-state index contributed by atoms with van der Waals surface area (Å²) in [5.74, 6) is 0. The molecule has 3 nitrogen and oxygen atoms in total. The molecule has 0 fully saturated rings. The van der Waals surface area contributed by atoms with E-state index in [0.717, 1.165) is 24.2 Å². The normalized spacial score (nSPS) is 10.8. The highest BCUT2D eigenvalue weighted by Crippen LogP contribution is 2.10. The summed E-state index contributed by atoms with van der Waals surface area (Å²) in [5.41, 5.74) is 7.49. The first-order valence-corrected chi connectivity index (χ1v) is 4.35. The third-order valence-electron chi connectivity index (χ3n) is 1.75. The third kappa shape index (κ3) is 3.25. The van der Waals surface area contributed by atoms with Crippen molar-refractivity contribution >= 4 is 11.8 Å². The standard InChI is InChI=1S/C10H15N3/c1-12-6-3-2-4-9-8-13-7-5-10(9)11/h2,4-5,7-8,12H,3,6H2,1H3,(H2,11,13). The molecule has 0 saturated heterocycles. The van der Waals surface area contributed by atoms with Crippen LogP contribution in [0.4, 0.5) is 5.69 Å². The maximum Gasteiger partial charge on any atom is 0.0418 e. The molecular weight excluding hydrogens is 162 g/mol. The van der Waals surface area contributed by atoms with Gasteiger partial charge < -0.3 is 11.1 Å². The van der Waals surface area contributed by atoms with Crippen molar-refractivity contribution < 1.29 is 0 Å². The van der Waals surface area contributed by atoms with Crippen LogP contribution in [-0.2, 0) is 0 Å². The fourth-order valence-corrected chi connectivity index (χ4v) is 0.995. The molecule has 0 bridgehead atoms. The first-order valence-electron chi connectivity index (χ1n) is 4.35. The number of nitrogens with zero attached hydrogens (tertiary/aromatic N) is 1. The van der Waals surface area contributed by atoms with Gasteiger partial charge in [-0.15, -0.1) is 0 Å². The number of hydrogen-bond donors (Lipinski definition) is 2. The summed E-state index contributed by atoms with van der Waals surface area (Å²) in [6.45, 7) is 0.983. The molecule has 3 N–H and O–H groups in total. The van der Waals surface area contributed by atoms with Crippen LogP contribution in [0.5, 0.6) is 0 Å². The second kappa shape index (κ2) is 5.32. The van der Waals surface area contributed by atoms with E-state index in [-0.39, 0.29) is 0 Å². The lowest BCUT2D eigenvalue weighted by molar-refractivity contribution is 0.809. The summed E-state index contributed by atoms with van der Waals surface area (Å²) in [6.07, 6.45) is 8.56. The molecule has 0 atom stereocenters. The van der Waals surface area contributed by atoms with Crippen LogP contribution in [0.2, 0.25) is 0 Å². The van der Waals surface area contributed by atoms with Crippen LogP contribution >= 0.6 is 0 Å². The van der Waals surface area contributed by atoms with Crippen molar-refractivity contribution in [1.82, 2.24) is 10.3 Å². The van der Waals surface area contributed by atoms with Crippen molar-refractivity contribution in [1.29, 1.82) is 0 Å². The van der Waals surface area contributed by atoms with Gasteiger partial charge in [0.05, 0.1) is 0 Å². The van der Waals surface area contributed by atoms with Gasteiger partial charge in [-0.05, 0) is 26.1 Å². The fourth-order valence-electron chi connectivity index (χ4n) is 0.995. The van der Waals surface area contributed by atoms with E-state index in [0.29, 0.717) is 0 Å². The number of pyridine rings is 1. The van der Waals surface area contributed by atoms with Crippen molar-refractivity contribution in [2.75, 3.05) is 19.3 Å². The average Bonchev–Trinajstić information content (AvgIpc) is 2.15. The first kappa shape index (κ1) is 9.74. The predicted molar refractivity (Wildman–Crippen MR) is 56.2 cm³/mol. The molecule has 3 heteroatoms. The van der Waals surface area contributed by atoms with Crippen molar-refractivity contribution in [2.45, 2.75) is 6.42 Å². The monoisotopic (exact) mass is 177 g/mol. The van der Waals surface area contributed by atoms with Crippen LogP contribution in [0.25, 0.3) is 6.08 Å². The maximum atomic E-state index is 5.73. The van der Waals surface area contributed by atoms with Gasteiger partial charge >= 0.3 is 0 Å². The molecule has 0 saturated carbocycles. The lowest BCUT2D eigenvalue weighted by Gasteiger charge is -1.97. The van der Waals surface area contributed by atoms with Gasteiger partial charge in [-0.2, -0.15) is 0 Å². The second-order valence-corrected chi connectivity index (χ2v) is 2.80. The Morgan fingerprint density at radius 1 is 1.62 bits per heavy atom. The van der Waals surface area contributed by atoms with E-state index in [1.165, 1.54) is 0 Å². The van der Waals surface area contributed by atoms with Gasteiger partial charge in [0.25, 0.3) is 0 Å². The van der Waals surface area contributed by atoms with Crippen LogP contribution in [0.1, 0.15) is 12.0 Å². The van der Waals surface area contributed by atoms with Crippen LogP contribution in [0, 0.1) is 0 Å². The predicted octanol–water partition coefficient (Wildman–Crippen LogP) is 1.29. The molecule has 1 heterocycles. The van der Waals surface area contributed by atoms with E-state index in [1.807, 2.05) is 13.1 Å². The Morgan fingerprint density at radius 3 is 3.15 bits per heavy atom. The van der Waals surface area contributed by atoms with Gasteiger partial charge in [0, 0.05) is 23.6 Å². The smallest absolute Gasteiger partial charge is 0.0418 e. The lowest BCUT2D eigenvalue weighted by Crippen LogP contribution is -2.05. The zero-order valence-electron chi connectivity index (χ0n) is 7.83. The Morgan fingerprint density at radius 2 is 2.46 bits per heavy atom. The molecule has 1 rings (SSSR count). The van der Waals surface area contributed by atoms with Crippen LogP contribution in [0.3, 0.4) is 0 Å². The minimum absolute atomic E-state index is 0.774. The number of nitrogens with one attached hydrogen (secondary N) is 1. The van der Waals surface area contributed by atoms with Crippen LogP contribution in [-0.4, -0.2) is 18.6 Å². The topological polar surface area (TPSA) is 50.9 Å². The van der Waals surface area contributed by atoms with Gasteiger partial charge in [0.1, 0.15) is 0 Å². The van der Waals surface area contributed by atoms with Crippen LogP contribution in [0.15, 0.2) is 24.5 Å². The van der Waals surface area contributed by atoms with E-state index in [4.69, 9.17) is 5.73 Å². The van der Waals surface area contributed by atoms with E-state index >= 15 is 0 Å². The number of rotatable bonds is 4. The minimum atomic E-state index is 0.774. The molecule has 1 aromatic rings. The minimum Gasteiger partial charge on any atom is -0.398 e. The Kier molecular flexibility index (Phi) is 3.99. The molecule has 13 heavy (non-hydrogen) atoms. The van der Waals surface area contributed by atoms with Crippen LogP contribution < -0.4 is 11.1 Å². The number of nitrogen functional groups attached to an aromatic ring is 1. The molecule has 0 aliphatic rings. The third-order valence-corrected chi connectivity index (χ3v) is 1.75. The van der Waals surface area contributed by atoms with Crippen molar-refractivity contribution in [3.05, 3.63) is 30.1 Å². The molecule has 70 valence electrons. The number of nitrogens with two attached hydrogens (primary N) is 1. The van der Waals surface area contributed by atoms with Gasteiger partial charge in [0.2, 0.25) is 0 Å². The fraction of sp³-hybridized carbons (Fsp3) is 0.300. The summed E-state index contributed by atoms with van der Waals surface area (Å²) in [7, 11) is 1.94. The summed E-state index contributed by atoms with van der Waals surface area (Å²) in [6, 6.07) is 1.80. The Labute approximate surface area is 78.7 Å². The quantitative estimate of drug-likeness (QED) is 0.681. The molecule has 0 aliphatic carbocycles. The average molecular weight is 177 g/mol. The molecule has 0 radical (unpaired) electrons. The molecule has 0 amide bonds. The van der Waals surface area contributed by atoms with E-state index in [1.54, 1.807) is 18.5 Å². The van der Waals surface area contributed by atoms with Crippen molar-refractivity contribution in [3.63, 3.8) is 0 Å². The van der Waals surface area contributed by atoms with E-state index in [9.17, 15) is 0 Å². The highest BCUT2D eigenvalue weighted by molar-refractivity contribution is 5.62. The Bertz CT molecular complexity index is 281. The van der Waals surface area contributed by atoms with Gasteiger partial charge in [-0.3, -0.25) is 4.98 Å². The molecule has 0 aliphatic heterocycles. The second-order valence-electron chi connectivity index (χ2n) is 2.80. The number of anilines is 1. The van der Waals surface area contributed by atoms with E-state index < -0.39 is 0 Å². The molecule has 0 spiro atoms. The lowest BCUT2D eigenvalue weighted by atomic mass is 10.2. The molecule has 0 aromatic carbocycles. The Balaban J connectivity index is 2.53. The highest BCUT2D eigenvalue weighted by Gasteiger charge is 1.91. The Hall–Kier alpha value is -1.35. The molecule has 1 aromatic heterocycles. The molecular formula is C10H15N3. The highest BCUT2D eigenvalue weighted by atomic mass is 14.8. The number of aromatic nitrogens is 1. The summed E-state index contributed by atoms with van der Waals surface area (Å²) >= 11 is 0. The van der Waals surface area contributed by atoms with Crippen molar-refractivity contribution in [3.8, 4) is 0 Å². The van der Waals surface area contributed by atoms with E-state index in [2.05, 4.69) is 16.4 Å². The van der Waals surface area contributed by atoms with Gasteiger partial charge in [0.15, 0.2) is 0 Å². The van der Waals surface area contributed by atoms with Crippen molar-refractivity contribution in [2.24, 2.45) is 0 Å². The maximum absolute atomic E-state index is 5.73. The summed E-state index contributed by atoms with van der Waals surface area (Å²) in [5, 5.41) is 3.07. The molecule has 0 unspecified atom stereocenters. The zero-order valence-corrected chi connectivity index (χ0v) is 7.83. The summed E-state index contributed by atoms with van der Waals surface area (Å²) in [4.78, 5) is 4.00.